The summed E-state index contributed by atoms with van der Waals surface area (Å²) in [6, 6.07) is 1.69. The molecule has 4 heteroatoms. The second kappa shape index (κ2) is 2.82. The molecular weight excluding hydrogens is 223 g/mol. The van der Waals surface area contributed by atoms with Crippen LogP contribution in [0, 0.1) is 0 Å². The zero-order valence-electron chi connectivity index (χ0n) is 4.23. The molecule has 0 bridgehead atoms. The van der Waals surface area contributed by atoms with Gasteiger partial charge in [-0.2, -0.15) is 0 Å². The minimum absolute atomic E-state index is 0.539. The van der Waals surface area contributed by atoms with Gasteiger partial charge in [0.2, 0.25) is 0 Å². The maximum absolute atomic E-state index is 10.1. The second-order valence-electron chi connectivity index (χ2n) is 1.40. The number of rotatable bonds is 1. The number of hydrogen-bond acceptors (Lipinski definition) is 2. The highest BCUT2D eigenvalue weighted by atomic mass is 79.9. The molecule has 0 unspecified atom stereocenters. The zero-order valence-corrected chi connectivity index (χ0v) is 7.39. The molecule has 0 aromatic carbocycles. The molecule has 48 valence electrons. The first-order valence-electron chi connectivity index (χ1n) is 2.14. The number of thiophene rings is 1. The van der Waals surface area contributed by atoms with Crippen molar-refractivity contribution in [2.75, 3.05) is 0 Å². The molecule has 9 heavy (non-hydrogen) atoms. The van der Waals surface area contributed by atoms with E-state index in [2.05, 4.69) is 15.9 Å². The van der Waals surface area contributed by atoms with E-state index in [-0.39, 0.29) is 0 Å². The van der Waals surface area contributed by atoms with Crippen molar-refractivity contribution in [2.45, 2.75) is 0 Å². The Balaban J connectivity index is 3.15. The van der Waals surface area contributed by atoms with Crippen LogP contribution in [0.25, 0.3) is 0 Å². The van der Waals surface area contributed by atoms with Crippen molar-refractivity contribution in [3.63, 3.8) is 0 Å². The summed E-state index contributed by atoms with van der Waals surface area (Å²) in [5.74, 6) is 0. The number of halogens is 2. The van der Waals surface area contributed by atoms with Crippen LogP contribution in [0.15, 0.2) is 9.85 Å². The highest BCUT2D eigenvalue weighted by molar-refractivity contribution is 9.11. The average Bonchev–Trinajstić information content (AvgIpc) is 2.10. The first-order chi connectivity index (χ1) is 4.24. The molecular formula is C5H2BrClOS. The van der Waals surface area contributed by atoms with Crippen LogP contribution in [0.4, 0.5) is 0 Å². The fourth-order valence-corrected chi connectivity index (χ4v) is 2.38. The molecule has 0 aliphatic heterocycles. The van der Waals surface area contributed by atoms with Gasteiger partial charge in [0.15, 0.2) is 6.29 Å². The van der Waals surface area contributed by atoms with Gasteiger partial charge in [0.25, 0.3) is 0 Å². The summed E-state index contributed by atoms with van der Waals surface area (Å²) in [4.78, 5) is 10.1. The number of aldehydes is 1. The van der Waals surface area contributed by atoms with Gasteiger partial charge < -0.3 is 0 Å². The van der Waals surface area contributed by atoms with E-state index in [4.69, 9.17) is 11.6 Å². The van der Waals surface area contributed by atoms with E-state index in [1.165, 1.54) is 11.3 Å². The van der Waals surface area contributed by atoms with Gasteiger partial charge in [0.1, 0.15) is 4.34 Å². The van der Waals surface area contributed by atoms with Crippen molar-refractivity contribution in [3.05, 3.63) is 19.8 Å². The van der Waals surface area contributed by atoms with Crippen molar-refractivity contribution in [2.24, 2.45) is 0 Å². The third-order valence-corrected chi connectivity index (χ3v) is 2.70. The van der Waals surface area contributed by atoms with Crippen LogP contribution in [0.3, 0.4) is 0 Å². The van der Waals surface area contributed by atoms with Crippen molar-refractivity contribution in [1.82, 2.24) is 0 Å². The zero-order chi connectivity index (χ0) is 6.85. The monoisotopic (exact) mass is 224 g/mol. The Morgan fingerprint density at radius 2 is 2.44 bits per heavy atom. The van der Waals surface area contributed by atoms with Gasteiger partial charge in [-0.3, -0.25) is 4.79 Å². The van der Waals surface area contributed by atoms with Crippen LogP contribution >= 0.6 is 38.9 Å². The first-order valence-corrected chi connectivity index (χ1v) is 4.13. The molecule has 1 heterocycles. The molecule has 0 N–H and O–H groups in total. The Labute approximate surface area is 69.8 Å². The molecule has 1 rings (SSSR count). The predicted molar refractivity (Wildman–Crippen MR) is 42.4 cm³/mol. The summed E-state index contributed by atoms with van der Waals surface area (Å²) in [6.07, 6.45) is 0.740. The van der Waals surface area contributed by atoms with Gasteiger partial charge in [-0.05, 0) is 22.0 Å². The highest BCUT2D eigenvalue weighted by Crippen LogP contribution is 2.29. The largest absolute Gasteiger partial charge is 0.298 e. The molecule has 0 aliphatic carbocycles. The quantitative estimate of drug-likeness (QED) is 0.672. The van der Waals surface area contributed by atoms with E-state index in [0.29, 0.717) is 9.90 Å². The molecule has 0 saturated carbocycles. The maximum atomic E-state index is 10.1. The lowest BCUT2D eigenvalue weighted by Crippen LogP contribution is -1.69. The molecule has 0 aliphatic rings. The van der Waals surface area contributed by atoms with Crippen molar-refractivity contribution >= 4 is 45.2 Å². The highest BCUT2D eigenvalue weighted by Gasteiger charge is 2.02. The van der Waals surface area contributed by atoms with E-state index < -0.39 is 0 Å². The van der Waals surface area contributed by atoms with Crippen LogP contribution in [0.5, 0.6) is 0 Å². The Hall–Kier alpha value is 0.140. The molecule has 0 radical (unpaired) electrons. The van der Waals surface area contributed by atoms with E-state index in [1.807, 2.05) is 0 Å². The first kappa shape index (κ1) is 7.25. The lowest BCUT2D eigenvalue weighted by Gasteiger charge is -1.75. The van der Waals surface area contributed by atoms with E-state index in [0.717, 1.165) is 10.1 Å². The van der Waals surface area contributed by atoms with Crippen molar-refractivity contribution in [1.29, 1.82) is 0 Å². The van der Waals surface area contributed by atoms with Crippen LogP contribution in [-0.2, 0) is 0 Å². The molecule has 0 amide bonds. The molecule has 0 fully saturated rings. The summed E-state index contributed by atoms with van der Waals surface area (Å²) in [5, 5.41) is 0. The standard InChI is InChI=1S/C5H2BrClOS/c6-4-1-3(2-8)5(7)9-4/h1-2H. The average molecular weight is 225 g/mol. The molecule has 1 aromatic heterocycles. The van der Waals surface area contributed by atoms with Gasteiger partial charge in [-0.25, -0.2) is 0 Å². The fourth-order valence-electron chi connectivity index (χ4n) is 0.433. The Bertz CT molecular complexity index is 233. The molecule has 0 atom stereocenters. The van der Waals surface area contributed by atoms with Gasteiger partial charge in [-0.1, -0.05) is 11.6 Å². The molecule has 1 nitrogen and oxygen atoms in total. The number of carbonyl (C=O) groups is 1. The minimum atomic E-state index is 0.539. The lowest BCUT2D eigenvalue weighted by molar-refractivity contribution is 0.112. The summed E-state index contributed by atoms with van der Waals surface area (Å²) in [7, 11) is 0. The Morgan fingerprint density at radius 3 is 2.67 bits per heavy atom. The van der Waals surface area contributed by atoms with Crippen molar-refractivity contribution in [3.8, 4) is 0 Å². The topological polar surface area (TPSA) is 17.1 Å². The van der Waals surface area contributed by atoms with Crippen LogP contribution in [0.2, 0.25) is 4.34 Å². The normalized spacial score (nSPS) is 9.56. The van der Waals surface area contributed by atoms with Gasteiger partial charge in [0, 0.05) is 5.56 Å². The summed E-state index contributed by atoms with van der Waals surface area (Å²) in [6.45, 7) is 0. The van der Waals surface area contributed by atoms with Crippen molar-refractivity contribution < 1.29 is 4.79 Å². The smallest absolute Gasteiger partial charge is 0.152 e. The van der Waals surface area contributed by atoms with Crippen LogP contribution < -0.4 is 0 Å². The minimum Gasteiger partial charge on any atom is -0.298 e. The van der Waals surface area contributed by atoms with E-state index in [1.54, 1.807) is 6.07 Å². The lowest BCUT2D eigenvalue weighted by atomic mass is 10.4. The Kier molecular flexibility index (Phi) is 2.27. The SMILES string of the molecule is O=Cc1cc(Br)sc1Cl. The fraction of sp³-hybridized carbons (Fsp3) is 0. The van der Waals surface area contributed by atoms with E-state index in [9.17, 15) is 4.79 Å². The van der Waals surface area contributed by atoms with Crippen LogP contribution in [0.1, 0.15) is 10.4 Å². The predicted octanol–water partition coefficient (Wildman–Crippen LogP) is 2.98. The van der Waals surface area contributed by atoms with Gasteiger partial charge in [-0.15, -0.1) is 11.3 Å². The second-order valence-corrected chi connectivity index (χ2v) is 4.43. The third kappa shape index (κ3) is 1.53. The molecule has 1 aromatic rings. The van der Waals surface area contributed by atoms with Gasteiger partial charge in [0.05, 0.1) is 3.79 Å². The molecule has 0 saturated heterocycles. The summed E-state index contributed by atoms with van der Waals surface area (Å²) < 4.78 is 1.42. The van der Waals surface area contributed by atoms with Gasteiger partial charge >= 0.3 is 0 Å². The maximum Gasteiger partial charge on any atom is 0.152 e. The number of carbonyl (C=O) groups excluding carboxylic acids is 1. The van der Waals surface area contributed by atoms with E-state index >= 15 is 0 Å². The third-order valence-electron chi connectivity index (χ3n) is 0.810. The summed E-state index contributed by atoms with van der Waals surface area (Å²) in [5.41, 5.74) is 0.550. The Morgan fingerprint density at radius 1 is 1.78 bits per heavy atom. The number of hydrogen-bond donors (Lipinski definition) is 0. The van der Waals surface area contributed by atoms with Crippen LogP contribution in [-0.4, -0.2) is 6.29 Å². The molecule has 0 spiro atoms. The summed E-state index contributed by atoms with van der Waals surface area (Å²) >= 11 is 10.1.